The van der Waals surface area contributed by atoms with E-state index in [1.54, 1.807) is 6.07 Å². The summed E-state index contributed by atoms with van der Waals surface area (Å²) in [5.41, 5.74) is 6.75. The SMILES string of the molecule is C=C(CCNc1nc2ccc(N)nc2n(C2(C3CCCC3)CC2)c1=O)OC(C)(C)C. The number of pyridine rings is 1. The van der Waals surface area contributed by atoms with Gasteiger partial charge in [0.2, 0.25) is 0 Å². The lowest BCUT2D eigenvalue weighted by molar-refractivity contribution is 0.0487. The predicted molar refractivity (Wildman–Crippen MR) is 120 cm³/mol. The predicted octanol–water partition coefficient (Wildman–Crippen LogP) is 4.18. The van der Waals surface area contributed by atoms with E-state index in [0.717, 1.165) is 12.8 Å². The molecule has 0 spiro atoms. The van der Waals surface area contributed by atoms with E-state index in [0.29, 0.717) is 47.4 Å². The van der Waals surface area contributed by atoms with E-state index in [2.05, 4.69) is 21.9 Å². The molecular formula is C23H33N5O2. The lowest BCUT2D eigenvalue weighted by Gasteiger charge is -2.27. The van der Waals surface area contributed by atoms with Gasteiger partial charge in [-0.1, -0.05) is 19.4 Å². The highest BCUT2D eigenvalue weighted by Gasteiger charge is 2.53. The Kier molecular flexibility index (Phi) is 5.24. The molecule has 2 saturated carbocycles. The van der Waals surface area contributed by atoms with Gasteiger partial charge in [0.1, 0.15) is 16.9 Å². The van der Waals surface area contributed by atoms with Gasteiger partial charge in [-0.2, -0.15) is 0 Å². The Bertz CT molecular complexity index is 1010. The first-order valence-corrected chi connectivity index (χ1v) is 11.0. The Morgan fingerprint density at radius 1 is 1.30 bits per heavy atom. The number of nitrogens with two attached hydrogens (primary N) is 1. The first-order chi connectivity index (χ1) is 14.2. The largest absolute Gasteiger partial charge is 0.493 e. The average Bonchev–Trinajstić information content (AvgIpc) is 3.24. The van der Waals surface area contributed by atoms with Crippen LogP contribution >= 0.6 is 0 Å². The van der Waals surface area contributed by atoms with E-state index in [-0.39, 0.29) is 16.7 Å². The first-order valence-electron chi connectivity index (χ1n) is 11.0. The molecule has 4 rings (SSSR count). The number of nitrogen functional groups attached to an aromatic ring is 1. The van der Waals surface area contributed by atoms with Crippen molar-refractivity contribution in [1.82, 2.24) is 14.5 Å². The lowest BCUT2D eigenvalue weighted by atomic mass is 9.95. The minimum atomic E-state index is -0.282. The van der Waals surface area contributed by atoms with Crippen molar-refractivity contribution in [3.63, 3.8) is 0 Å². The Morgan fingerprint density at radius 3 is 2.63 bits per heavy atom. The second-order valence-electron chi connectivity index (χ2n) is 9.69. The van der Waals surface area contributed by atoms with Crippen molar-refractivity contribution in [3.05, 3.63) is 34.8 Å². The quantitative estimate of drug-likeness (QED) is 0.664. The molecular weight excluding hydrogens is 378 g/mol. The summed E-state index contributed by atoms with van der Waals surface area (Å²) in [6.45, 7) is 10.5. The fraction of sp³-hybridized carbons (Fsp3) is 0.609. The molecule has 2 aliphatic rings. The van der Waals surface area contributed by atoms with Crippen LogP contribution in [0, 0.1) is 5.92 Å². The Morgan fingerprint density at radius 2 is 2.00 bits per heavy atom. The van der Waals surface area contributed by atoms with Crippen molar-refractivity contribution in [2.45, 2.75) is 76.9 Å². The zero-order chi connectivity index (χ0) is 21.5. The van der Waals surface area contributed by atoms with E-state index >= 15 is 0 Å². The summed E-state index contributed by atoms with van der Waals surface area (Å²) >= 11 is 0. The molecule has 0 saturated heterocycles. The van der Waals surface area contributed by atoms with Gasteiger partial charge in [-0.05, 0) is 64.5 Å². The molecule has 30 heavy (non-hydrogen) atoms. The van der Waals surface area contributed by atoms with Crippen molar-refractivity contribution in [3.8, 4) is 0 Å². The topological polar surface area (TPSA) is 95.1 Å². The number of nitrogens with one attached hydrogen (secondary N) is 1. The minimum absolute atomic E-state index is 0.104. The molecule has 0 unspecified atom stereocenters. The third-order valence-electron chi connectivity index (χ3n) is 6.20. The van der Waals surface area contributed by atoms with Crippen LogP contribution in [0.25, 0.3) is 11.2 Å². The number of hydrogen-bond acceptors (Lipinski definition) is 6. The molecule has 0 aromatic carbocycles. The maximum absolute atomic E-state index is 13.5. The molecule has 0 atom stereocenters. The van der Waals surface area contributed by atoms with Crippen LogP contribution in [0.15, 0.2) is 29.3 Å². The first kappa shape index (κ1) is 20.7. The highest BCUT2D eigenvalue weighted by atomic mass is 16.5. The van der Waals surface area contributed by atoms with E-state index in [4.69, 9.17) is 10.5 Å². The molecule has 2 aliphatic carbocycles. The highest BCUT2D eigenvalue weighted by molar-refractivity contribution is 5.74. The van der Waals surface area contributed by atoms with Gasteiger partial charge in [-0.3, -0.25) is 9.36 Å². The number of ether oxygens (including phenoxy) is 1. The summed E-state index contributed by atoms with van der Waals surface area (Å²) in [5.74, 6) is 1.99. The Labute approximate surface area is 177 Å². The van der Waals surface area contributed by atoms with Crippen LogP contribution in [0.2, 0.25) is 0 Å². The summed E-state index contributed by atoms with van der Waals surface area (Å²) in [6, 6.07) is 3.59. The summed E-state index contributed by atoms with van der Waals surface area (Å²) in [5, 5.41) is 3.22. The van der Waals surface area contributed by atoms with E-state index in [1.165, 1.54) is 25.7 Å². The number of aromatic nitrogens is 3. The van der Waals surface area contributed by atoms with Crippen LogP contribution in [-0.2, 0) is 10.3 Å². The Hall–Kier alpha value is -2.57. The summed E-state index contributed by atoms with van der Waals surface area (Å²) in [6.07, 6.45) is 7.45. The van der Waals surface area contributed by atoms with E-state index in [9.17, 15) is 4.79 Å². The number of anilines is 2. The van der Waals surface area contributed by atoms with Gasteiger partial charge in [-0.15, -0.1) is 0 Å². The molecule has 0 amide bonds. The summed E-state index contributed by atoms with van der Waals surface area (Å²) in [4.78, 5) is 22.6. The maximum atomic E-state index is 13.5. The fourth-order valence-electron chi connectivity index (χ4n) is 4.82. The van der Waals surface area contributed by atoms with Crippen molar-refractivity contribution in [1.29, 1.82) is 0 Å². The van der Waals surface area contributed by atoms with E-state index < -0.39 is 0 Å². The average molecular weight is 412 g/mol. The van der Waals surface area contributed by atoms with Crippen molar-refractivity contribution >= 4 is 22.8 Å². The molecule has 7 nitrogen and oxygen atoms in total. The van der Waals surface area contributed by atoms with Gasteiger partial charge < -0.3 is 15.8 Å². The monoisotopic (exact) mass is 411 g/mol. The number of rotatable bonds is 7. The number of hydrogen-bond donors (Lipinski definition) is 2. The van der Waals surface area contributed by atoms with Gasteiger partial charge >= 0.3 is 0 Å². The number of nitrogens with zero attached hydrogens (tertiary/aromatic N) is 3. The minimum Gasteiger partial charge on any atom is -0.493 e. The van der Waals surface area contributed by atoms with Gasteiger partial charge in [0.25, 0.3) is 5.56 Å². The zero-order valence-electron chi connectivity index (χ0n) is 18.3. The molecule has 0 bridgehead atoms. The second-order valence-corrected chi connectivity index (χ2v) is 9.69. The molecule has 0 aliphatic heterocycles. The molecule has 2 aromatic heterocycles. The maximum Gasteiger partial charge on any atom is 0.295 e. The molecule has 2 fully saturated rings. The van der Waals surface area contributed by atoms with Gasteiger partial charge in [0.05, 0.1) is 11.3 Å². The summed E-state index contributed by atoms with van der Waals surface area (Å²) < 4.78 is 7.69. The van der Waals surface area contributed by atoms with Crippen LogP contribution in [-0.4, -0.2) is 26.7 Å². The van der Waals surface area contributed by atoms with E-state index in [1.807, 2.05) is 31.4 Å². The summed E-state index contributed by atoms with van der Waals surface area (Å²) in [7, 11) is 0. The Balaban J connectivity index is 1.65. The number of fused-ring (bicyclic) bond motifs is 1. The smallest absolute Gasteiger partial charge is 0.295 e. The lowest BCUT2D eigenvalue weighted by Crippen LogP contribution is -2.38. The van der Waals surface area contributed by atoms with Crippen LogP contribution in [0.3, 0.4) is 0 Å². The van der Waals surface area contributed by atoms with Gasteiger partial charge in [0.15, 0.2) is 11.5 Å². The molecule has 0 radical (unpaired) electrons. The molecule has 162 valence electrons. The van der Waals surface area contributed by atoms with Gasteiger partial charge in [-0.25, -0.2) is 9.97 Å². The van der Waals surface area contributed by atoms with Crippen LogP contribution in [0.5, 0.6) is 0 Å². The molecule has 7 heteroatoms. The second kappa shape index (κ2) is 7.60. The highest BCUT2D eigenvalue weighted by Crippen LogP contribution is 2.55. The van der Waals surface area contributed by atoms with Crippen molar-refractivity contribution in [2.24, 2.45) is 5.92 Å². The fourth-order valence-corrected chi connectivity index (χ4v) is 4.82. The standard InChI is InChI=1S/C23H33N5O2/c1-15(30-22(2,3)4)11-14-25-19-21(29)28(20-17(26-19)9-10-18(24)27-20)23(12-13-23)16-7-5-6-8-16/h9-10,16H,1,5-8,11-14H2,2-4H3,(H2,24,27)(H,25,26). The third-order valence-corrected chi connectivity index (χ3v) is 6.20. The van der Waals surface area contributed by atoms with Gasteiger partial charge in [0, 0.05) is 13.0 Å². The molecule has 3 N–H and O–H groups in total. The molecule has 2 heterocycles. The van der Waals surface area contributed by atoms with Crippen LogP contribution < -0.4 is 16.6 Å². The zero-order valence-corrected chi connectivity index (χ0v) is 18.3. The van der Waals surface area contributed by atoms with Crippen molar-refractivity contribution in [2.75, 3.05) is 17.6 Å². The van der Waals surface area contributed by atoms with Crippen LogP contribution in [0.1, 0.15) is 65.7 Å². The normalized spacial score (nSPS) is 18.5. The van der Waals surface area contributed by atoms with Crippen molar-refractivity contribution < 1.29 is 4.74 Å². The third kappa shape index (κ3) is 4.02. The van der Waals surface area contributed by atoms with Crippen LogP contribution in [0.4, 0.5) is 11.6 Å². The molecule has 2 aromatic rings.